The Kier molecular flexibility index (Phi) is 6.62. The van der Waals surface area contributed by atoms with Gasteiger partial charge in [0.2, 0.25) is 16.0 Å². The van der Waals surface area contributed by atoms with Crippen molar-refractivity contribution < 1.29 is 12.8 Å². The van der Waals surface area contributed by atoms with Gasteiger partial charge in [-0.05, 0) is 46.6 Å². The fourth-order valence-electron chi connectivity index (χ4n) is 2.73. The summed E-state index contributed by atoms with van der Waals surface area (Å²) >= 11 is 0. The third kappa shape index (κ3) is 6.42. The molecule has 0 amide bonds. The van der Waals surface area contributed by atoms with Gasteiger partial charge < -0.3 is 5.32 Å². The van der Waals surface area contributed by atoms with Crippen molar-refractivity contribution in [1.82, 2.24) is 4.98 Å². The van der Waals surface area contributed by atoms with Crippen molar-refractivity contribution >= 4 is 21.5 Å². The maximum Gasteiger partial charge on any atom is 0.233 e. The predicted octanol–water partition coefficient (Wildman–Crippen LogP) is 5.19. The first-order valence-corrected chi connectivity index (χ1v) is 11.4. The fraction of sp³-hybridized carbons (Fsp3) is 0.500. The molecule has 29 heavy (non-hydrogen) atoms. The van der Waals surface area contributed by atoms with E-state index >= 15 is 0 Å². The molecule has 5 nitrogen and oxygen atoms in total. The topological polar surface area (TPSA) is 71.1 Å². The quantitative estimate of drug-likeness (QED) is 0.630. The zero-order chi connectivity index (χ0) is 22.0. The molecule has 0 radical (unpaired) electrons. The van der Waals surface area contributed by atoms with E-state index in [4.69, 9.17) is 0 Å². The van der Waals surface area contributed by atoms with Gasteiger partial charge >= 0.3 is 0 Å². The Balaban J connectivity index is 2.37. The average molecular weight is 422 g/mol. The molecule has 0 aliphatic rings. The number of benzene rings is 1. The SMILES string of the molecule is CCS(=O)(=O)Nc1nc(F)ccc1NCc1cc(C(C)(C)C)cc(C(C)(C)C)c1. The van der Waals surface area contributed by atoms with E-state index in [0.717, 1.165) is 5.56 Å². The lowest BCUT2D eigenvalue weighted by atomic mass is 9.79. The number of hydrogen-bond donors (Lipinski definition) is 2. The molecule has 1 aromatic carbocycles. The monoisotopic (exact) mass is 421 g/mol. The lowest BCUT2D eigenvalue weighted by Crippen LogP contribution is -2.18. The Hall–Kier alpha value is -2.15. The molecule has 1 aromatic heterocycles. The van der Waals surface area contributed by atoms with Gasteiger partial charge in [0, 0.05) is 6.54 Å². The van der Waals surface area contributed by atoms with Gasteiger partial charge in [0.15, 0.2) is 5.82 Å². The smallest absolute Gasteiger partial charge is 0.233 e. The molecule has 0 saturated carbocycles. The van der Waals surface area contributed by atoms with Crippen molar-refractivity contribution in [3.05, 3.63) is 53.0 Å². The van der Waals surface area contributed by atoms with Crippen LogP contribution in [-0.2, 0) is 27.4 Å². The van der Waals surface area contributed by atoms with Gasteiger partial charge in [0.05, 0.1) is 11.4 Å². The van der Waals surface area contributed by atoms with Crippen molar-refractivity contribution in [3.8, 4) is 0 Å². The second-order valence-electron chi connectivity index (χ2n) is 9.31. The summed E-state index contributed by atoms with van der Waals surface area (Å²) in [5, 5.41) is 3.20. The Labute approximate surface area is 174 Å². The summed E-state index contributed by atoms with van der Waals surface area (Å²) in [6, 6.07) is 9.24. The fourth-order valence-corrected chi connectivity index (χ4v) is 3.33. The molecule has 7 heteroatoms. The number of pyridine rings is 1. The minimum Gasteiger partial charge on any atom is -0.378 e. The van der Waals surface area contributed by atoms with Gasteiger partial charge in [-0.2, -0.15) is 9.37 Å². The summed E-state index contributed by atoms with van der Waals surface area (Å²) in [7, 11) is -3.57. The second kappa shape index (κ2) is 8.30. The minimum atomic E-state index is -3.57. The van der Waals surface area contributed by atoms with Gasteiger partial charge in [-0.3, -0.25) is 4.72 Å². The van der Waals surface area contributed by atoms with Crippen LogP contribution in [0, 0.1) is 5.95 Å². The zero-order valence-electron chi connectivity index (χ0n) is 18.4. The molecule has 2 N–H and O–H groups in total. The van der Waals surface area contributed by atoms with Crippen molar-refractivity contribution in [2.24, 2.45) is 0 Å². The third-order valence-electron chi connectivity index (χ3n) is 4.70. The molecule has 0 atom stereocenters. The van der Waals surface area contributed by atoms with Crippen LogP contribution in [0.15, 0.2) is 30.3 Å². The number of rotatable bonds is 6. The van der Waals surface area contributed by atoms with Crippen LogP contribution < -0.4 is 10.0 Å². The molecule has 1 heterocycles. The molecule has 0 spiro atoms. The van der Waals surface area contributed by atoms with E-state index in [2.05, 4.69) is 74.8 Å². The lowest BCUT2D eigenvalue weighted by Gasteiger charge is -2.26. The summed E-state index contributed by atoms with van der Waals surface area (Å²) in [5.74, 6) is -0.892. The summed E-state index contributed by atoms with van der Waals surface area (Å²) in [6.07, 6.45) is 0. The van der Waals surface area contributed by atoms with Crippen LogP contribution in [0.4, 0.5) is 15.9 Å². The third-order valence-corrected chi connectivity index (χ3v) is 5.97. The first-order chi connectivity index (χ1) is 13.2. The number of sulfonamides is 1. The molecule has 0 saturated heterocycles. The summed E-state index contributed by atoms with van der Waals surface area (Å²) in [5.41, 5.74) is 3.94. The van der Waals surface area contributed by atoms with E-state index in [0.29, 0.717) is 12.2 Å². The van der Waals surface area contributed by atoms with E-state index in [1.807, 2.05) is 0 Å². The average Bonchev–Trinajstić information content (AvgIpc) is 2.59. The van der Waals surface area contributed by atoms with Gasteiger partial charge in [-0.1, -0.05) is 59.7 Å². The maximum atomic E-state index is 13.6. The minimum absolute atomic E-state index is 0.00460. The normalized spacial score (nSPS) is 12.7. The highest BCUT2D eigenvalue weighted by Gasteiger charge is 2.21. The standard InChI is InChI=1S/C22H32FN3O2S/c1-8-29(27,28)26-20-18(9-10-19(23)25-20)24-14-15-11-16(21(2,3)4)13-17(12-15)22(5,6)7/h9-13,24H,8,14H2,1-7H3,(H,25,26). The number of nitrogens with zero attached hydrogens (tertiary/aromatic N) is 1. The number of nitrogens with one attached hydrogen (secondary N) is 2. The van der Waals surface area contributed by atoms with Crippen LogP contribution in [0.25, 0.3) is 0 Å². The lowest BCUT2D eigenvalue weighted by molar-refractivity contribution is 0.567. The Bertz CT molecular complexity index is 942. The number of anilines is 2. The van der Waals surface area contributed by atoms with Crippen LogP contribution in [0.1, 0.15) is 65.2 Å². The van der Waals surface area contributed by atoms with Crippen molar-refractivity contribution in [3.63, 3.8) is 0 Å². The van der Waals surface area contributed by atoms with E-state index in [1.54, 1.807) is 0 Å². The van der Waals surface area contributed by atoms with Crippen LogP contribution >= 0.6 is 0 Å². The first kappa shape index (κ1) is 23.1. The number of halogens is 1. The van der Waals surface area contributed by atoms with E-state index in [1.165, 1.54) is 30.2 Å². The van der Waals surface area contributed by atoms with Gasteiger partial charge in [0.1, 0.15) is 0 Å². The Morgan fingerprint density at radius 2 is 1.52 bits per heavy atom. The van der Waals surface area contributed by atoms with Crippen LogP contribution in [0.3, 0.4) is 0 Å². The highest BCUT2D eigenvalue weighted by Crippen LogP contribution is 2.31. The van der Waals surface area contributed by atoms with E-state index in [9.17, 15) is 12.8 Å². The predicted molar refractivity (Wildman–Crippen MR) is 118 cm³/mol. The van der Waals surface area contributed by atoms with Crippen LogP contribution in [-0.4, -0.2) is 19.2 Å². The largest absolute Gasteiger partial charge is 0.378 e. The molecule has 0 aliphatic carbocycles. The highest BCUT2D eigenvalue weighted by molar-refractivity contribution is 7.92. The summed E-state index contributed by atoms with van der Waals surface area (Å²) in [4.78, 5) is 3.71. The van der Waals surface area contributed by atoms with Gasteiger partial charge in [-0.25, -0.2) is 8.42 Å². The Morgan fingerprint density at radius 1 is 0.966 bits per heavy atom. The summed E-state index contributed by atoms with van der Waals surface area (Å²) < 4.78 is 39.8. The van der Waals surface area contributed by atoms with Gasteiger partial charge in [-0.15, -0.1) is 0 Å². The summed E-state index contributed by atoms with van der Waals surface area (Å²) in [6.45, 7) is 15.0. The van der Waals surface area contributed by atoms with Crippen molar-refractivity contribution in [1.29, 1.82) is 0 Å². The van der Waals surface area contributed by atoms with Crippen LogP contribution in [0.5, 0.6) is 0 Å². The van der Waals surface area contributed by atoms with E-state index < -0.39 is 16.0 Å². The Morgan fingerprint density at radius 3 is 2.00 bits per heavy atom. The molecular weight excluding hydrogens is 389 g/mol. The van der Waals surface area contributed by atoms with Crippen LogP contribution in [0.2, 0.25) is 0 Å². The number of aromatic nitrogens is 1. The molecule has 160 valence electrons. The maximum absolute atomic E-state index is 13.6. The molecule has 2 rings (SSSR count). The molecular formula is C22H32FN3O2S. The molecule has 0 bridgehead atoms. The molecule has 0 fully saturated rings. The second-order valence-corrected chi connectivity index (χ2v) is 11.3. The highest BCUT2D eigenvalue weighted by atomic mass is 32.2. The molecule has 2 aromatic rings. The molecule has 0 unspecified atom stereocenters. The number of hydrogen-bond acceptors (Lipinski definition) is 4. The zero-order valence-corrected chi connectivity index (χ0v) is 19.2. The van der Waals surface area contributed by atoms with Crippen molar-refractivity contribution in [2.75, 3.05) is 15.8 Å². The van der Waals surface area contributed by atoms with E-state index in [-0.39, 0.29) is 22.4 Å². The first-order valence-electron chi connectivity index (χ1n) is 9.77. The van der Waals surface area contributed by atoms with Crippen molar-refractivity contribution in [2.45, 2.75) is 65.8 Å². The molecule has 0 aliphatic heterocycles. The van der Waals surface area contributed by atoms with Gasteiger partial charge in [0.25, 0.3) is 0 Å².